The summed E-state index contributed by atoms with van der Waals surface area (Å²) in [6.45, 7) is 1.45. The fourth-order valence-corrected chi connectivity index (χ4v) is 1.97. The SMILES string of the molecule is CN1CCN(CC(=O)Nc2cc(N)ccc2F)CC1=O. The molecule has 1 aromatic carbocycles. The lowest BCUT2D eigenvalue weighted by atomic mass is 10.2. The van der Waals surface area contributed by atoms with Crippen LogP contribution in [0.15, 0.2) is 18.2 Å². The number of anilines is 2. The molecule has 0 spiro atoms. The smallest absolute Gasteiger partial charge is 0.238 e. The highest BCUT2D eigenvalue weighted by Gasteiger charge is 2.22. The summed E-state index contributed by atoms with van der Waals surface area (Å²) in [4.78, 5) is 26.7. The van der Waals surface area contributed by atoms with E-state index >= 15 is 0 Å². The van der Waals surface area contributed by atoms with Gasteiger partial charge in [0.05, 0.1) is 18.8 Å². The number of nitrogen functional groups attached to an aromatic ring is 1. The van der Waals surface area contributed by atoms with Gasteiger partial charge in [0.25, 0.3) is 0 Å². The lowest BCUT2D eigenvalue weighted by molar-refractivity contribution is -0.135. The average molecular weight is 280 g/mol. The van der Waals surface area contributed by atoms with Gasteiger partial charge in [-0.25, -0.2) is 4.39 Å². The quantitative estimate of drug-likeness (QED) is 0.771. The third-order valence-electron chi connectivity index (χ3n) is 3.17. The molecule has 6 nitrogen and oxygen atoms in total. The lowest BCUT2D eigenvalue weighted by Crippen LogP contribution is -2.50. The Hall–Kier alpha value is -2.15. The van der Waals surface area contributed by atoms with Crippen molar-refractivity contribution in [3.63, 3.8) is 0 Å². The van der Waals surface area contributed by atoms with Crippen molar-refractivity contribution in [3.05, 3.63) is 24.0 Å². The Balaban J connectivity index is 1.92. The fourth-order valence-electron chi connectivity index (χ4n) is 1.97. The van der Waals surface area contributed by atoms with Gasteiger partial charge >= 0.3 is 0 Å². The predicted octanol–water partition coefficient (Wildman–Crippen LogP) is 0.120. The molecule has 1 heterocycles. The number of carbonyl (C=O) groups excluding carboxylic acids is 2. The molecule has 0 atom stereocenters. The fraction of sp³-hybridized carbons (Fsp3) is 0.385. The zero-order chi connectivity index (χ0) is 14.7. The molecule has 1 saturated heterocycles. The van der Waals surface area contributed by atoms with E-state index < -0.39 is 5.82 Å². The number of hydrogen-bond acceptors (Lipinski definition) is 4. The molecule has 2 amide bonds. The molecular weight excluding hydrogens is 263 g/mol. The monoisotopic (exact) mass is 280 g/mol. The second kappa shape index (κ2) is 5.87. The highest BCUT2D eigenvalue weighted by Crippen LogP contribution is 2.17. The van der Waals surface area contributed by atoms with Gasteiger partial charge in [-0.3, -0.25) is 14.5 Å². The molecular formula is C13H17FN4O2. The van der Waals surface area contributed by atoms with E-state index in [9.17, 15) is 14.0 Å². The number of nitrogens with one attached hydrogen (secondary N) is 1. The van der Waals surface area contributed by atoms with Crippen molar-refractivity contribution < 1.29 is 14.0 Å². The number of rotatable bonds is 3. The number of amides is 2. The first kappa shape index (κ1) is 14.3. The van der Waals surface area contributed by atoms with E-state index in [2.05, 4.69) is 5.32 Å². The summed E-state index contributed by atoms with van der Waals surface area (Å²) >= 11 is 0. The number of hydrogen-bond donors (Lipinski definition) is 2. The van der Waals surface area contributed by atoms with Gasteiger partial charge in [-0.15, -0.1) is 0 Å². The predicted molar refractivity (Wildman–Crippen MR) is 73.5 cm³/mol. The number of nitrogens with two attached hydrogens (primary N) is 1. The molecule has 7 heteroatoms. The summed E-state index contributed by atoms with van der Waals surface area (Å²) in [5.41, 5.74) is 5.97. The Kier molecular flexibility index (Phi) is 4.19. The van der Waals surface area contributed by atoms with Gasteiger partial charge in [0.1, 0.15) is 5.82 Å². The summed E-state index contributed by atoms with van der Waals surface area (Å²) in [5.74, 6) is -0.937. The third kappa shape index (κ3) is 3.45. The number of nitrogens with zero attached hydrogens (tertiary/aromatic N) is 2. The first-order chi connectivity index (χ1) is 9.45. The van der Waals surface area contributed by atoms with Crippen LogP contribution in [0, 0.1) is 5.82 Å². The van der Waals surface area contributed by atoms with Gasteiger partial charge in [0.15, 0.2) is 0 Å². The van der Waals surface area contributed by atoms with Gasteiger partial charge in [0.2, 0.25) is 11.8 Å². The summed E-state index contributed by atoms with van der Waals surface area (Å²) in [5, 5.41) is 2.46. The van der Waals surface area contributed by atoms with Crippen LogP contribution in [-0.4, -0.2) is 54.8 Å². The lowest BCUT2D eigenvalue weighted by Gasteiger charge is -2.31. The Morgan fingerprint density at radius 1 is 1.45 bits per heavy atom. The van der Waals surface area contributed by atoms with Crippen LogP contribution >= 0.6 is 0 Å². The third-order valence-corrected chi connectivity index (χ3v) is 3.17. The van der Waals surface area contributed by atoms with Crippen LogP contribution in [0.3, 0.4) is 0 Å². The average Bonchev–Trinajstić information content (AvgIpc) is 2.38. The first-order valence-corrected chi connectivity index (χ1v) is 6.27. The molecule has 0 bridgehead atoms. The van der Waals surface area contributed by atoms with E-state index in [0.29, 0.717) is 18.8 Å². The summed E-state index contributed by atoms with van der Waals surface area (Å²) in [7, 11) is 1.72. The maximum Gasteiger partial charge on any atom is 0.238 e. The minimum atomic E-state index is -0.540. The second-order valence-electron chi connectivity index (χ2n) is 4.81. The van der Waals surface area contributed by atoms with Crippen LogP contribution in [-0.2, 0) is 9.59 Å². The van der Waals surface area contributed by atoms with Gasteiger partial charge in [-0.05, 0) is 18.2 Å². The van der Waals surface area contributed by atoms with Gasteiger partial charge in [0, 0.05) is 25.8 Å². The van der Waals surface area contributed by atoms with Crippen molar-refractivity contribution >= 4 is 23.2 Å². The van der Waals surface area contributed by atoms with E-state index in [-0.39, 0.29) is 30.6 Å². The molecule has 1 aliphatic heterocycles. The number of benzene rings is 1. The summed E-state index contributed by atoms with van der Waals surface area (Å²) in [6.07, 6.45) is 0. The highest BCUT2D eigenvalue weighted by molar-refractivity contribution is 5.93. The van der Waals surface area contributed by atoms with Crippen molar-refractivity contribution in [2.45, 2.75) is 0 Å². The van der Waals surface area contributed by atoms with E-state index in [4.69, 9.17) is 5.73 Å². The molecule has 0 unspecified atom stereocenters. The van der Waals surface area contributed by atoms with Gasteiger partial charge in [-0.2, -0.15) is 0 Å². The number of halogens is 1. The van der Waals surface area contributed by atoms with Crippen molar-refractivity contribution in [3.8, 4) is 0 Å². The minimum absolute atomic E-state index is 0.0285. The normalized spacial score (nSPS) is 16.3. The van der Waals surface area contributed by atoms with Crippen LogP contribution in [0.1, 0.15) is 0 Å². The minimum Gasteiger partial charge on any atom is -0.399 e. The maximum absolute atomic E-state index is 13.5. The number of piperazine rings is 1. The van der Waals surface area contributed by atoms with Crippen LogP contribution in [0.25, 0.3) is 0 Å². The van der Waals surface area contributed by atoms with E-state index in [1.165, 1.54) is 18.2 Å². The molecule has 20 heavy (non-hydrogen) atoms. The van der Waals surface area contributed by atoms with E-state index in [1.54, 1.807) is 16.8 Å². The largest absolute Gasteiger partial charge is 0.399 e. The van der Waals surface area contributed by atoms with Crippen molar-refractivity contribution in [1.82, 2.24) is 9.80 Å². The van der Waals surface area contributed by atoms with Crippen LogP contribution in [0.2, 0.25) is 0 Å². The molecule has 1 aliphatic rings. The zero-order valence-electron chi connectivity index (χ0n) is 11.2. The van der Waals surface area contributed by atoms with Crippen LogP contribution in [0.4, 0.5) is 15.8 Å². The highest BCUT2D eigenvalue weighted by atomic mass is 19.1. The van der Waals surface area contributed by atoms with E-state index in [0.717, 1.165) is 0 Å². The second-order valence-corrected chi connectivity index (χ2v) is 4.81. The van der Waals surface area contributed by atoms with Crippen molar-refractivity contribution in [2.75, 3.05) is 44.3 Å². The Morgan fingerprint density at radius 2 is 2.20 bits per heavy atom. The molecule has 2 rings (SSSR count). The molecule has 108 valence electrons. The van der Waals surface area contributed by atoms with Gasteiger partial charge in [-0.1, -0.05) is 0 Å². The number of likely N-dealkylation sites (N-methyl/N-ethyl adjacent to an activating group) is 1. The maximum atomic E-state index is 13.5. The van der Waals surface area contributed by atoms with Gasteiger partial charge < -0.3 is 16.0 Å². The van der Waals surface area contributed by atoms with Crippen molar-refractivity contribution in [1.29, 1.82) is 0 Å². The number of carbonyl (C=O) groups is 2. The molecule has 3 N–H and O–H groups in total. The molecule has 0 saturated carbocycles. The molecule has 0 aromatic heterocycles. The van der Waals surface area contributed by atoms with Crippen LogP contribution < -0.4 is 11.1 Å². The van der Waals surface area contributed by atoms with Crippen LogP contribution in [0.5, 0.6) is 0 Å². The Labute approximate surface area is 116 Å². The molecule has 0 radical (unpaired) electrons. The first-order valence-electron chi connectivity index (χ1n) is 6.27. The molecule has 1 aromatic rings. The van der Waals surface area contributed by atoms with Crippen molar-refractivity contribution in [2.24, 2.45) is 0 Å². The zero-order valence-corrected chi connectivity index (χ0v) is 11.2. The molecule has 1 fully saturated rings. The standard InChI is InChI=1S/C13H17FN4O2/c1-17-4-5-18(8-13(17)20)7-12(19)16-11-6-9(15)2-3-10(11)14/h2-3,6H,4-5,7-8,15H2,1H3,(H,16,19). The summed E-state index contributed by atoms with van der Waals surface area (Å²) < 4.78 is 13.5. The Bertz CT molecular complexity index is 535. The Morgan fingerprint density at radius 3 is 2.90 bits per heavy atom. The van der Waals surface area contributed by atoms with E-state index in [1.807, 2.05) is 0 Å². The topological polar surface area (TPSA) is 78.7 Å². The summed E-state index contributed by atoms with van der Waals surface area (Å²) in [6, 6.07) is 3.98. The molecule has 0 aliphatic carbocycles.